The number of carbonyl (C=O) groups excluding carboxylic acids is 1. The van der Waals surface area contributed by atoms with Crippen LogP contribution in [0.3, 0.4) is 0 Å². The Bertz CT molecular complexity index is 303. The third-order valence-electron chi connectivity index (χ3n) is 4.67. The van der Waals surface area contributed by atoms with Gasteiger partial charge in [-0.05, 0) is 32.4 Å². The molecule has 2 aliphatic heterocycles. The SMILES string of the molecule is CCC1(C(=O)N2CCCN(CCO)CC2)CCNC1. The Morgan fingerprint density at radius 3 is 2.79 bits per heavy atom. The Labute approximate surface area is 115 Å². The molecule has 0 aromatic carbocycles. The van der Waals surface area contributed by atoms with Crippen LogP contribution >= 0.6 is 0 Å². The number of hydrogen-bond donors (Lipinski definition) is 2. The molecular formula is C14H27N3O2. The average Bonchev–Trinajstić information content (AvgIpc) is 2.80. The van der Waals surface area contributed by atoms with Crippen LogP contribution in [0.15, 0.2) is 0 Å². The standard InChI is InChI=1S/C14H27N3O2/c1-2-14(4-5-15-12-14)13(19)17-7-3-6-16(8-9-17)10-11-18/h15,18H,2-12H2,1H3. The highest BCUT2D eigenvalue weighted by Crippen LogP contribution is 2.32. The fraction of sp³-hybridized carbons (Fsp3) is 0.929. The molecule has 2 rings (SSSR count). The molecule has 110 valence electrons. The summed E-state index contributed by atoms with van der Waals surface area (Å²) in [5.74, 6) is 0.339. The van der Waals surface area contributed by atoms with E-state index >= 15 is 0 Å². The van der Waals surface area contributed by atoms with Crippen molar-refractivity contribution in [2.24, 2.45) is 5.41 Å². The van der Waals surface area contributed by atoms with Gasteiger partial charge >= 0.3 is 0 Å². The second-order valence-electron chi connectivity index (χ2n) is 5.77. The molecule has 2 saturated heterocycles. The van der Waals surface area contributed by atoms with E-state index in [0.717, 1.165) is 65.1 Å². The molecule has 1 atom stereocenters. The van der Waals surface area contributed by atoms with Crippen LogP contribution < -0.4 is 5.32 Å². The van der Waals surface area contributed by atoms with Gasteiger partial charge in [0.25, 0.3) is 0 Å². The minimum absolute atomic E-state index is 0.161. The smallest absolute Gasteiger partial charge is 0.230 e. The molecule has 2 N–H and O–H groups in total. The largest absolute Gasteiger partial charge is 0.395 e. The molecule has 2 fully saturated rings. The van der Waals surface area contributed by atoms with E-state index in [1.54, 1.807) is 0 Å². The van der Waals surface area contributed by atoms with Gasteiger partial charge in [-0.15, -0.1) is 0 Å². The number of aliphatic hydroxyl groups excluding tert-OH is 1. The van der Waals surface area contributed by atoms with Gasteiger partial charge in [-0.25, -0.2) is 0 Å². The fourth-order valence-corrected chi connectivity index (χ4v) is 3.25. The molecular weight excluding hydrogens is 242 g/mol. The summed E-state index contributed by atoms with van der Waals surface area (Å²) in [5, 5.41) is 12.3. The van der Waals surface area contributed by atoms with E-state index < -0.39 is 0 Å². The summed E-state index contributed by atoms with van der Waals surface area (Å²) in [5.41, 5.74) is -0.161. The topological polar surface area (TPSA) is 55.8 Å². The van der Waals surface area contributed by atoms with Gasteiger partial charge in [0.15, 0.2) is 0 Å². The van der Waals surface area contributed by atoms with Crippen molar-refractivity contribution < 1.29 is 9.90 Å². The maximum Gasteiger partial charge on any atom is 0.230 e. The number of β-amino-alcohol motifs (C(OH)–C–C–N with tert-alkyl or cyclic N) is 1. The molecule has 0 spiro atoms. The zero-order chi connectivity index (χ0) is 13.7. The number of carbonyl (C=O) groups is 1. The first-order valence-electron chi connectivity index (χ1n) is 7.55. The van der Waals surface area contributed by atoms with E-state index in [0.29, 0.717) is 5.91 Å². The molecule has 2 aliphatic rings. The van der Waals surface area contributed by atoms with Crippen LogP contribution in [0, 0.1) is 5.41 Å². The molecule has 0 saturated carbocycles. The number of nitrogens with zero attached hydrogens (tertiary/aromatic N) is 2. The molecule has 5 heteroatoms. The second kappa shape index (κ2) is 6.68. The van der Waals surface area contributed by atoms with Gasteiger partial charge in [-0.2, -0.15) is 0 Å². The molecule has 0 radical (unpaired) electrons. The van der Waals surface area contributed by atoms with Gasteiger partial charge < -0.3 is 15.3 Å². The fourth-order valence-electron chi connectivity index (χ4n) is 3.25. The van der Waals surface area contributed by atoms with E-state index in [4.69, 9.17) is 5.11 Å². The van der Waals surface area contributed by atoms with E-state index in [1.807, 2.05) is 4.90 Å². The number of rotatable bonds is 4. The maximum atomic E-state index is 12.8. The zero-order valence-corrected chi connectivity index (χ0v) is 12.0. The lowest BCUT2D eigenvalue weighted by atomic mass is 9.82. The quantitative estimate of drug-likeness (QED) is 0.748. The molecule has 1 amide bonds. The predicted octanol–water partition coefficient (Wildman–Crippen LogP) is -0.0973. The Hall–Kier alpha value is -0.650. The van der Waals surface area contributed by atoms with Crippen molar-refractivity contribution in [2.45, 2.75) is 26.2 Å². The van der Waals surface area contributed by atoms with Crippen molar-refractivity contribution >= 4 is 5.91 Å². The van der Waals surface area contributed by atoms with Crippen molar-refractivity contribution in [1.29, 1.82) is 0 Å². The summed E-state index contributed by atoms with van der Waals surface area (Å²) in [4.78, 5) is 17.1. The summed E-state index contributed by atoms with van der Waals surface area (Å²) in [7, 11) is 0. The summed E-state index contributed by atoms with van der Waals surface area (Å²) >= 11 is 0. The first-order valence-corrected chi connectivity index (χ1v) is 7.55. The lowest BCUT2D eigenvalue weighted by Gasteiger charge is -2.32. The molecule has 5 nitrogen and oxygen atoms in total. The van der Waals surface area contributed by atoms with Crippen molar-refractivity contribution in [3.05, 3.63) is 0 Å². The lowest BCUT2D eigenvalue weighted by molar-refractivity contribution is -0.141. The highest BCUT2D eigenvalue weighted by molar-refractivity contribution is 5.83. The third kappa shape index (κ3) is 3.27. The van der Waals surface area contributed by atoms with Crippen LogP contribution in [0.4, 0.5) is 0 Å². The molecule has 1 unspecified atom stereocenters. The number of nitrogens with one attached hydrogen (secondary N) is 1. The molecule has 0 aromatic heterocycles. The number of aliphatic hydroxyl groups is 1. The van der Waals surface area contributed by atoms with E-state index in [9.17, 15) is 4.79 Å². The summed E-state index contributed by atoms with van der Waals surface area (Å²) in [6.45, 7) is 8.40. The number of amides is 1. The van der Waals surface area contributed by atoms with Gasteiger partial charge in [0, 0.05) is 32.7 Å². The van der Waals surface area contributed by atoms with Crippen molar-refractivity contribution in [3.63, 3.8) is 0 Å². The van der Waals surface area contributed by atoms with Gasteiger partial charge in [0.05, 0.1) is 12.0 Å². The predicted molar refractivity (Wildman–Crippen MR) is 74.9 cm³/mol. The highest BCUT2D eigenvalue weighted by atomic mass is 16.3. The Balaban J connectivity index is 1.95. The van der Waals surface area contributed by atoms with Gasteiger partial charge in [-0.3, -0.25) is 9.69 Å². The molecule has 0 aliphatic carbocycles. The van der Waals surface area contributed by atoms with Crippen LogP contribution in [0.2, 0.25) is 0 Å². The van der Waals surface area contributed by atoms with Gasteiger partial charge in [0.1, 0.15) is 0 Å². The van der Waals surface area contributed by atoms with Crippen LogP contribution in [-0.4, -0.2) is 73.2 Å². The Kier molecular flexibility index (Phi) is 5.19. The third-order valence-corrected chi connectivity index (χ3v) is 4.67. The van der Waals surface area contributed by atoms with Crippen molar-refractivity contribution in [2.75, 3.05) is 52.4 Å². The van der Waals surface area contributed by atoms with E-state index in [1.165, 1.54) is 0 Å². The number of hydrogen-bond acceptors (Lipinski definition) is 4. The maximum absolute atomic E-state index is 12.8. The second-order valence-corrected chi connectivity index (χ2v) is 5.77. The monoisotopic (exact) mass is 269 g/mol. The molecule has 19 heavy (non-hydrogen) atoms. The molecule has 0 bridgehead atoms. The molecule has 2 heterocycles. The minimum Gasteiger partial charge on any atom is -0.395 e. The lowest BCUT2D eigenvalue weighted by Crippen LogP contribution is -2.46. The van der Waals surface area contributed by atoms with Crippen LogP contribution in [0.5, 0.6) is 0 Å². The summed E-state index contributed by atoms with van der Waals surface area (Å²) in [6.07, 6.45) is 2.91. The van der Waals surface area contributed by atoms with Crippen molar-refractivity contribution in [1.82, 2.24) is 15.1 Å². The zero-order valence-electron chi connectivity index (χ0n) is 12.0. The van der Waals surface area contributed by atoms with Crippen molar-refractivity contribution in [3.8, 4) is 0 Å². The summed E-state index contributed by atoms with van der Waals surface area (Å²) < 4.78 is 0. The van der Waals surface area contributed by atoms with Crippen LogP contribution in [-0.2, 0) is 4.79 Å². The average molecular weight is 269 g/mol. The van der Waals surface area contributed by atoms with Gasteiger partial charge in [0.2, 0.25) is 5.91 Å². The van der Waals surface area contributed by atoms with E-state index in [2.05, 4.69) is 17.1 Å². The summed E-state index contributed by atoms with van der Waals surface area (Å²) in [6, 6.07) is 0. The molecule has 0 aromatic rings. The first-order chi connectivity index (χ1) is 9.22. The Morgan fingerprint density at radius 1 is 1.32 bits per heavy atom. The van der Waals surface area contributed by atoms with E-state index in [-0.39, 0.29) is 12.0 Å². The Morgan fingerprint density at radius 2 is 2.16 bits per heavy atom. The minimum atomic E-state index is -0.161. The van der Waals surface area contributed by atoms with Gasteiger partial charge in [-0.1, -0.05) is 6.92 Å². The first kappa shape index (κ1) is 14.8. The normalized spacial score (nSPS) is 29.5. The highest BCUT2D eigenvalue weighted by Gasteiger charge is 2.42. The van der Waals surface area contributed by atoms with Crippen LogP contribution in [0.25, 0.3) is 0 Å². The van der Waals surface area contributed by atoms with Crippen LogP contribution in [0.1, 0.15) is 26.2 Å².